The van der Waals surface area contributed by atoms with Gasteiger partial charge in [-0.25, -0.2) is 0 Å². The summed E-state index contributed by atoms with van der Waals surface area (Å²) in [5.74, 6) is 1.85. The van der Waals surface area contributed by atoms with Crippen molar-refractivity contribution in [2.24, 2.45) is 11.8 Å². The van der Waals surface area contributed by atoms with Gasteiger partial charge in [0.05, 0.1) is 0 Å². The molecule has 6 nitrogen and oxygen atoms in total. The predicted octanol–water partition coefficient (Wildman–Crippen LogP) is 2.32. The lowest BCUT2D eigenvalue weighted by atomic mass is 9.95. The third-order valence-corrected chi connectivity index (χ3v) is 9.04. The maximum Gasteiger partial charge on any atom is 0.0117 e. The van der Waals surface area contributed by atoms with Gasteiger partial charge in [-0.15, -0.1) is 0 Å². The van der Waals surface area contributed by atoms with E-state index in [0.29, 0.717) is 0 Å². The topological polar surface area (TPSA) is 19.4 Å². The van der Waals surface area contributed by atoms with E-state index in [-0.39, 0.29) is 0 Å². The second-order valence-electron chi connectivity index (χ2n) is 12.1. The molecule has 0 aromatic heterocycles. The minimum atomic E-state index is 0.835. The maximum absolute atomic E-state index is 2.64. The van der Waals surface area contributed by atoms with E-state index in [1.54, 1.807) is 0 Å². The number of rotatable bonds is 6. The lowest BCUT2D eigenvalue weighted by Gasteiger charge is -2.38. The third-order valence-electron chi connectivity index (χ3n) is 9.04. The highest BCUT2D eigenvalue weighted by Gasteiger charge is 2.26. The second-order valence-corrected chi connectivity index (χ2v) is 12.1. The number of hydrogen-bond donors (Lipinski definition) is 0. The largest absolute Gasteiger partial charge is 0.306 e. The molecule has 4 rings (SSSR count). The Bertz CT molecular complexity index is 521. The quantitative estimate of drug-likeness (QED) is 0.597. The van der Waals surface area contributed by atoms with Crippen molar-refractivity contribution in [3.63, 3.8) is 0 Å². The number of piperidine rings is 3. The lowest BCUT2D eigenvalue weighted by Crippen LogP contribution is -2.44. The Balaban J connectivity index is 0.000000186. The minimum Gasteiger partial charge on any atom is -0.306 e. The summed E-state index contributed by atoms with van der Waals surface area (Å²) in [6.07, 6.45) is 9.62. The molecular weight excluding hydrogens is 408 g/mol. The van der Waals surface area contributed by atoms with E-state index in [9.17, 15) is 0 Å². The smallest absolute Gasteiger partial charge is 0.0117 e. The van der Waals surface area contributed by atoms with Gasteiger partial charge in [0.1, 0.15) is 0 Å². The van der Waals surface area contributed by atoms with Crippen LogP contribution in [0.15, 0.2) is 0 Å². The molecule has 4 fully saturated rings. The van der Waals surface area contributed by atoms with Gasteiger partial charge in [0.15, 0.2) is 0 Å². The Morgan fingerprint density at radius 1 is 0.485 bits per heavy atom. The first-order valence-corrected chi connectivity index (χ1v) is 13.9. The van der Waals surface area contributed by atoms with E-state index in [4.69, 9.17) is 0 Å². The molecule has 4 saturated heterocycles. The average Bonchev–Trinajstić information content (AvgIpc) is 3.21. The SMILES string of the molecule is CN1CCC(CN(C)C2CCN(C)CC2)CC1.CN1CCC(N(C)CC2CCN(C)C2)CC1. The molecule has 0 spiro atoms. The molecule has 1 unspecified atom stereocenters. The van der Waals surface area contributed by atoms with Crippen molar-refractivity contribution < 1.29 is 0 Å². The number of likely N-dealkylation sites (tertiary alicyclic amines) is 4. The molecule has 1 atom stereocenters. The molecule has 4 aliphatic rings. The van der Waals surface area contributed by atoms with Gasteiger partial charge in [-0.1, -0.05) is 0 Å². The summed E-state index contributed by atoms with van der Waals surface area (Å²) in [5.41, 5.74) is 0. The van der Waals surface area contributed by atoms with Crippen molar-refractivity contribution >= 4 is 0 Å². The van der Waals surface area contributed by atoms with Crippen molar-refractivity contribution in [1.82, 2.24) is 29.4 Å². The van der Waals surface area contributed by atoms with Crippen LogP contribution in [0.3, 0.4) is 0 Å². The van der Waals surface area contributed by atoms with E-state index >= 15 is 0 Å². The fourth-order valence-corrected chi connectivity index (χ4v) is 6.40. The van der Waals surface area contributed by atoms with E-state index in [1.807, 2.05) is 0 Å². The fourth-order valence-electron chi connectivity index (χ4n) is 6.40. The number of hydrogen-bond acceptors (Lipinski definition) is 6. The monoisotopic (exact) mass is 464 g/mol. The molecule has 0 aromatic carbocycles. The molecule has 0 N–H and O–H groups in total. The van der Waals surface area contributed by atoms with Crippen LogP contribution in [0.25, 0.3) is 0 Å². The van der Waals surface area contributed by atoms with Crippen molar-refractivity contribution in [2.75, 3.05) is 108 Å². The van der Waals surface area contributed by atoms with Crippen molar-refractivity contribution in [3.05, 3.63) is 0 Å². The molecule has 0 bridgehead atoms. The lowest BCUT2D eigenvalue weighted by molar-refractivity contribution is 0.109. The highest BCUT2D eigenvalue weighted by atomic mass is 15.2. The van der Waals surface area contributed by atoms with Crippen molar-refractivity contribution in [1.29, 1.82) is 0 Å². The van der Waals surface area contributed by atoms with Crippen LogP contribution in [-0.4, -0.2) is 149 Å². The van der Waals surface area contributed by atoms with Gasteiger partial charge in [0, 0.05) is 31.7 Å². The standard InChI is InChI=1S/C14H29N3.C13H27N3/c1-15-8-4-13(5-9-15)12-17(3)14-6-10-16(2)11-7-14;1-14-8-5-13(6-9-14)16(3)11-12-4-7-15(2)10-12/h13-14H,4-12H2,1-3H3;12-13H,4-11H2,1-3H3. The highest BCUT2D eigenvalue weighted by Crippen LogP contribution is 2.21. The molecule has 194 valence electrons. The van der Waals surface area contributed by atoms with Crippen LogP contribution in [0.1, 0.15) is 44.9 Å². The summed E-state index contributed by atoms with van der Waals surface area (Å²) in [7, 11) is 13.6. The molecule has 0 aliphatic carbocycles. The Labute approximate surface area is 206 Å². The first-order chi connectivity index (χ1) is 15.8. The Hall–Kier alpha value is -0.240. The predicted molar refractivity (Wildman–Crippen MR) is 142 cm³/mol. The first kappa shape index (κ1) is 27.3. The van der Waals surface area contributed by atoms with Gasteiger partial charge in [-0.2, -0.15) is 0 Å². The Morgan fingerprint density at radius 2 is 0.818 bits per heavy atom. The molecule has 33 heavy (non-hydrogen) atoms. The summed E-state index contributed by atoms with van der Waals surface area (Å²) < 4.78 is 0. The summed E-state index contributed by atoms with van der Waals surface area (Å²) in [4.78, 5) is 15.1. The van der Waals surface area contributed by atoms with E-state index in [0.717, 1.165) is 23.9 Å². The molecule has 0 saturated carbocycles. The molecule has 4 aliphatic heterocycles. The summed E-state index contributed by atoms with van der Waals surface area (Å²) in [6.45, 7) is 12.9. The zero-order valence-corrected chi connectivity index (χ0v) is 23.0. The van der Waals surface area contributed by atoms with Gasteiger partial charge < -0.3 is 29.4 Å². The van der Waals surface area contributed by atoms with Gasteiger partial charge in [0.25, 0.3) is 0 Å². The second kappa shape index (κ2) is 13.7. The van der Waals surface area contributed by atoms with Crippen molar-refractivity contribution in [3.8, 4) is 0 Å². The van der Waals surface area contributed by atoms with E-state index in [2.05, 4.69) is 71.7 Å². The molecule has 0 radical (unpaired) electrons. The Morgan fingerprint density at radius 3 is 1.21 bits per heavy atom. The van der Waals surface area contributed by atoms with Crippen LogP contribution < -0.4 is 0 Å². The third kappa shape index (κ3) is 9.38. The van der Waals surface area contributed by atoms with E-state index in [1.165, 1.54) is 110 Å². The zero-order valence-electron chi connectivity index (χ0n) is 23.0. The van der Waals surface area contributed by atoms with E-state index < -0.39 is 0 Å². The van der Waals surface area contributed by atoms with Gasteiger partial charge in [0.2, 0.25) is 0 Å². The average molecular weight is 465 g/mol. The van der Waals surface area contributed by atoms with Crippen LogP contribution in [0.2, 0.25) is 0 Å². The molecule has 6 heteroatoms. The zero-order chi connectivity index (χ0) is 23.8. The van der Waals surface area contributed by atoms with Gasteiger partial charge in [-0.05, 0) is 145 Å². The van der Waals surface area contributed by atoms with Crippen molar-refractivity contribution in [2.45, 2.75) is 57.0 Å². The summed E-state index contributed by atoms with van der Waals surface area (Å²) in [6, 6.07) is 1.67. The molecule has 0 aromatic rings. The summed E-state index contributed by atoms with van der Waals surface area (Å²) in [5, 5.41) is 0. The minimum absolute atomic E-state index is 0.835. The molecule has 0 amide bonds. The van der Waals surface area contributed by atoms with Crippen LogP contribution in [-0.2, 0) is 0 Å². The molecule has 4 heterocycles. The first-order valence-electron chi connectivity index (χ1n) is 13.9. The van der Waals surface area contributed by atoms with Crippen LogP contribution >= 0.6 is 0 Å². The maximum atomic E-state index is 2.64. The van der Waals surface area contributed by atoms with Crippen LogP contribution in [0.5, 0.6) is 0 Å². The summed E-state index contributed by atoms with van der Waals surface area (Å²) >= 11 is 0. The van der Waals surface area contributed by atoms with Crippen LogP contribution in [0, 0.1) is 11.8 Å². The fraction of sp³-hybridized carbons (Fsp3) is 1.00. The normalized spacial score (nSPS) is 28.5. The van der Waals surface area contributed by atoms with Gasteiger partial charge >= 0.3 is 0 Å². The van der Waals surface area contributed by atoms with Crippen LogP contribution in [0.4, 0.5) is 0 Å². The number of nitrogens with zero attached hydrogens (tertiary/aromatic N) is 6. The molecular formula is C27H56N6. The van der Waals surface area contributed by atoms with Gasteiger partial charge in [-0.3, -0.25) is 0 Å². The Kier molecular flexibility index (Phi) is 11.4. The highest BCUT2D eigenvalue weighted by molar-refractivity contribution is 4.82.